The molecule has 1 aromatic heterocycles. The number of amides is 1. The number of nitrogens with zero attached hydrogens (tertiary/aromatic N) is 4. The Labute approximate surface area is 146 Å². The maximum absolute atomic E-state index is 12.3. The minimum Gasteiger partial charge on any atom is -0.444 e. The lowest BCUT2D eigenvalue weighted by atomic mass is 10.1. The largest absolute Gasteiger partial charge is 0.444 e. The SMILES string of the molecule is CC(C)(C)OC(=O)N1Cc2ccc(-n3nnc4ccccc43)cc2C1. The molecule has 1 aliphatic heterocycles. The molecule has 0 unspecified atom stereocenters. The average molecular weight is 336 g/mol. The number of aromatic nitrogens is 3. The van der Waals surface area contributed by atoms with Gasteiger partial charge < -0.3 is 4.74 Å². The zero-order valence-electron chi connectivity index (χ0n) is 14.6. The van der Waals surface area contributed by atoms with Crippen molar-refractivity contribution in [1.82, 2.24) is 19.9 Å². The molecule has 0 N–H and O–H groups in total. The van der Waals surface area contributed by atoms with Crippen LogP contribution in [0.25, 0.3) is 16.7 Å². The number of rotatable bonds is 1. The molecule has 1 amide bonds. The van der Waals surface area contributed by atoms with Gasteiger partial charge in [-0.1, -0.05) is 23.4 Å². The molecule has 3 aromatic rings. The molecule has 0 atom stereocenters. The van der Waals surface area contributed by atoms with Crippen molar-refractivity contribution in [3.8, 4) is 5.69 Å². The molecule has 0 saturated carbocycles. The van der Waals surface area contributed by atoms with Crippen LogP contribution in [0.5, 0.6) is 0 Å². The van der Waals surface area contributed by atoms with Crippen LogP contribution in [0.15, 0.2) is 42.5 Å². The zero-order chi connectivity index (χ0) is 17.6. The highest BCUT2D eigenvalue weighted by Crippen LogP contribution is 2.27. The number of fused-ring (bicyclic) bond motifs is 2. The zero-order valence-corrected chi connectivity index (χ0v) is 14.6. The standard InChI is InChI=1S/C19H20N4O2/c1-19(2,3)25-18(24)22-11-13-8-9-15(10-14(13)12-22)23-17-7-5-4-6-16(17)20-21-23/h4-10H,11-12H2,1-3H3. The van der Waals surface area contributed by atoms with Crippen LogP contribution in [0.2, 0.25) is 0 Å². The summed E-state index contributed by atoms with van der Waals surface area (Å²) in [6.07, 6.45) is -0.281. The Morgan fingerprint density at radius 2 is 1.84 bits per heavy atom. The smallest absolute Gasteiger partial charge is 0.410 e. The molecule has 0 aliphatic carbocycles. The minimum absolute atomic E-state index is 0.281. The summed E-state index contributed by atoms with van der Waals surface area (Å²) < 4.78 is 7.30. The number of carbonyl (C=O) groups excluding carboxylic acids is 1. The quantitative estimate of drug-likeness (QED) is 0.680. The maximum atomic E-state index is 12.3. The second-order valence-electron chi connectivity index (χ2n) is 7.28. The van der Waals surface area contributed by atoms with E-state index in [0.29, 0.717) is 13.1 Å². The first kappa shape index (κ1) is 15.6. The lowest BCUT2D eigenvalue weighted by Crippen LogP contribution is -2.33. The summed E-state index contributed by atoms with van der Waals surface area (Å²) in [5, 5.41) is 8.46. The van der Waals surface area contributed by atoms with Crippen molar-refractivity contribution >= 4 is 17.1 Å². The molecule has 6 heteroatoms. The van der Waals surface area contributed by atoms with Crippen LogP contribution in [0.4, 0.5) is 4.79 Å². The normalized spacial score (nSPS) is 14.0. The van der Waals surface area contributed by atoms with E-state index in [4.69, 9.17) is 4.74 Å². The highest BCUT2D eigenvalue weighted by atomic mass is 16.6. The Kier molecular flexibility index (Phi) is 3.49. The fourth-order valence-electron chi connectivity index (χ4n) is 3.03. The number of hydrogen-bond donors (Lipinski definition) is 0. The Balaban J connectivity index is 1.61. The van der Waals surface area contributed by atoms with E-state index >= 15 is 0 Å². The van der Waals surface area contributed by atoms with E-state index < -0.39 is 5.60 Å². The summed E-state index contributed by atoms with van der Waals surface area (Å²) >= 11 is 0. The third-order valence-corrected chi connectivity index (χ3v) is 4.16. The molecule has 0 radical (unpaired) electrons. The topological polar surface area (TPSA) is 60.2 Å². The molecule has 25 heavy (non-hydrogen) atoms. The summed E-state index contributed by atoms with van der Waals surface area (Å²) in [6, 6.07) is 14.0. The molecule has 6 nitrogen and oxygen atoms in total. The first-order chi connectivity index (χ1) is 11.9. The van der Waals surface area contributed by atoms with E-state index in [1.54, 1.807) is 4.90 Å². The van der Waals surface area contributed by atoms with Crippen LogP contribution in [0.3, 0.4) is 0 Å². The van der Waals surface area contributed by atoms with Gasteiger partial charge in [0.25, 0.3) is 0 Å². The first-order valence-corrected chi connectivity index (χ1v) is 8.31. The Morgan fingerprint density at radius 3 is 2.64 bits per heavy atom. The van der Waals surface area contributed by atoms with Gasteiger partial charge in [0.2, 0.25) is 0 Å². The first-order valence-electron chi connectivity index (χ1n) is 8.31. The molecule has 0 fully saturated rings. The van der Waals surface area contributed by atoms with Crippen molar-refractivity contribution in [3.63, 3.8) is 0 Å². The van der Waals surface area contributed by atoms with Crippen molar-refractivity contribution in [2.24, 2.45) is 0 Å². The summed E-state index contributed by atoms with van der Waals surface area (Å²) in [5.41, 5.74) is 4.53. The monoisotopic (exact) mass is 336 g/mol. The van der Waals surface area contributed by atoms with Crippen molar-refractivity contribution in [3.05, 3.63) is 53.6 Å². The number of ether oxygens (including phenoxy) is 1. The third kappa shape index (κ3) is 2.95. The van der Waals surface area contributed by atoms with Crippen LogP contribution >= 0.6 is 0 Å². The molecule has 2 heterocycles. The van der Waals surface area contributed by atoms with Gasteiger partial charge in [0, 0.05) is 13.1 Å². The predicted molar refractivity (Wildman–Crippen MR) is 94.3 cm³/mol. The molecule has 4 rings (SSSR count). The van der Waals surface area contributed by atoms with Gasteiger partial charge in [-0.25, -0.2) is 9.48 Å². The highest BCUT2D eigenvalue weighted by Gasteiger charge is 2.28. The molecule has 0 bridgehead atoms. The summed E-state index contributed by atoms with van der Waals surface area (Å²) in [7, 11) is 0. The van der Waals surface area contributed by atoms with Crippen LogP contribution < -0.4 is 0 Å². The second-order valence-corrected chi connectivity index (χ2v) is 7.28. The Bertz CT molecular complexity index is 955. The van der Waals surface area contributed by atoms with Gasteiger partial charge in [-0.15, -0.1) is 5.10 Å². The summed E-state index contributed by atoms with van der Waals surface area (Å²) in [6.45, 7) is 6.75. The van der Waals surface area contributed by atoms with E-state index in [1.165, 1.54) is 0 Å². The molecular weight excluding hydrogens is 316 g/mol. The molecule has 2 aromatic carbocycles. The van der Waals surface area contributed by atoms with Crippen molar-refractivity contribution in [1.29, 1.82) is 0 Å². The molecular formula is C19H20N4O2. The lowest BCUT2D eigenvalue weighted by molar-refractivity contribution is 0.0242. The summed E-state index contributed by atoms with van der Waals surface area (Å²) in [4.78, 5) is 14.0. The highest BCUT2D eigenvalue weighted by molar-refractivity contribution is 5.76. The minimum atomic E-state index is -0.489. The number of benzene rings is 2. The number of para-hydroxylation sites is 1. The fourth-order valence-corrected chi connectivity index (χ4v) is 3.03. The maximum Gasteiger partial charge on any atom is 0.410 e. The Morgan fingerprint density at radius 1 is 1.08 bits per heavy atom. The van der Waals surface area contributed by atoms with E-state index in [1.807, 2.05) is 61.9 Å². The molecule has 128 valence electrons. The predicted octanol–water partition coefficient (Wildman–Crippen LogP) is 3.67. The second kappa shape index (κ2) is 5.58. The Hall–Kier alpha value is -2.89. The van der Waals surface area contributed by atoms with E-state index in [9.17, 15) is 4.79 Å². The van der Waals surface area contributed by atoms with Gasteiger partial charge in [0.1, 0.15) is 11.1 Å². The van der Waals surface area contributed by atoms with Gasteiger partial charge in [-0.05, 0) is 56.2 Å². The third-order valence-electron chi connectivity index (χ3n) is 4.16. The molecule has 0 spiro atoms. The van der Waals surface area contributed by atoms with E-state index in [2.05, 4.69) is 16.4 Å². The van der Waals surface area contributed by atoms with E-state index in [-0.39, 0.29) is 6.09 Å². The lowest BCUT2D eigenvalue weighted by Gasteiger charge is -2.24. The van der Waals surface area contributed by atoms with Gasteiger partial charge in [-0.2, -0.15) is 0 Å². The average Bonchev–Trinajstić information content (AvgIpc) is 3.16. The van der Waals surface area contributed by atoms with Gasteiger partial charge >= 0.3 is 6.09 Å². The van der Waals surface area contributed by atoms with Gasteiger partial charge in [0.15, 0.2) is 0 Å². The number of hydrogen-bond acceptors (Lipinski definition) is 4. The van der Waals surface area contributed by atoms with Crippen LogP contribution in [0.1, 0.15) is 31.9 Å². The summed E-state index contributed by atoms with van der Waals surface area (Å²) in [5.74, 6) is 0. The van der Waals surface area contributed by atoms with Gasteiger partial charge in [0.05, 0.1) is 11.2 Å². The van der Waals surface area contributed by atoms with E-state index in [0.717, 1.165) is 27.8 Å². The van der Waals surface area contributed by atoms with Crippen LogP contribution in [-0.2, 0) is 17.8 Å². The molecule has 0 saturated heterocycles. The number of carbonyl (C=O) groups is 1. The van der Waals surface area contributed by atoms with Crippen LogP contribution in [-0.4, -0.2) is 31.6 Å². The fraction of sp³-hybridized carbons (Fsp3) is 0.316. The van der Waals surface area contributed by atoms with Crippen molar-refractivity contribution < 1.29 is 9.53 Å². The van der Waals surface area contributed by atoms with Gasteiger partial charge in [-0.3, -0.25) is 4.90 Å². The van der Waals surface area contributed by atoms with Crippen LogP contribution in [0, 0.1) is 0 Å². The van der Waals surface area contributed by atoms with Crippen molar-refractivity contribution in [2.75, 3.05) is 0 Å². The van der Waals surface area contributed by atoms with Crippen molar-refractivity contribution in [2.45, 2.75) is 39.5 Å². The molecule has 1 aliphatic rings.